The molecule has 1 aromatic rings. The van der Waals surface area contributed by atoms with E-state index < -0.39 is 16.1 Å². The van der Waals surface area contributed by atoms with Crippen LogP contribution in [0.5, 0.6) is 0 Å². The fourth-order valence-corrected chi connectivity index (χ4v) is 2.77. The van der Waals surface area contributed by atoms with Gasteiger partial charge in [-0.05, 0) is 26.2 Å². The van der Waals surface area contributed by atoms with E-state index in [1.165, 1.54) is 0 Å². The summed E-state index contributed by atoms with van der Waals surface area (Å²) in [7, 11) is -3.58. The highest BCUT2D eigenvalue weighted by molar-refractivity contribution is 7.89. The predicted molar refractivity (Wildman–Crippen MR) is 73.4 cm³/mol. The van der Waals surface area contributed by atoms with E-state index >= 15 is 0 Å². The van der Waals surface area contributed by atoms with E-state index in [2.05, 4.69) is 9.71 Å². The van der Waals surface area contributed by atoms with Crippen molar-refractivity contribution in [1.29, 1.82) is 0 Å². The molecule has 7 heteroatoms. The van der Waals surface area contributed by atoms with Crippen LogP contribution in [0.25, 0.3) is 0 Å². The molecule has 0 aliphatic heterocycles. The van der Waals surface area contributed by atoms with Gasteiger partial charge in [0, 0.05) is 19.3 Å². The van der Waals surface area contributed by atoms with E-state index in [4.69, 9.17) is 0 Å². The number of hydrogen-bond acceptors (Lipinski definition) is 4. The molecule has 0 spiro atoms. The maximum Gasteiger partial charge on any atom is 0.259 e. The second-order valence-corrected chi connectivity index (χ2v) is 6.28. The Kier molecular flexibility index (Phi) is 5.96. The van der Waals surface area contributed by atoms with E-state index in [1.807, 2.05) is 18.4 Å². The summed E-state index contributed by atoms with van der Waals surface area (Å²) in [5, 5.41) is 9.43. The lowest BCUT2D eigenvalue weighted by molar-refractivity contribution is 0.162. The molecule has 110 valence electrons. The van der Waals surface area contributed by atoms with E-state index in [0.717, 1.165) is 13.0 Å². The van der Waals surface area contributed by atoms with Crippen molar-refractivity contribution in [2.75, 3.05) is 6.54 Å². The SMILES string of the molecule is CCCn1cc(S(=O)(=O)NCCC(O)CC)nc1C. The molecule has 0 bridgehead atoms. The van der Waals surface area contributed by atoms with Crippen molar-refractivity contribution in [3.05, 3.63) is 12.0 Å². The van der Waals surface area contributed by atoms with Gasteiger partial charge < -0.3 is 9.67 Å². The highest BCUT2D eigenvalue weighted by Gasteiger charge is 2.18. The molecule has 1 heterocycles. The lowest BCUT2D eigenvalue weighted by atomic mass is 10.2. The Morgan fingerprint density at radius 2 is 2.16 bits per heavy atom. The zero-order valence-corrected chi connectivity index (χ0v) is 12.6. The Hall–Kier alpha value is -0.920. The Morgan fingerprint density at radius 3 is 2.74 bits per heavy atom. The molecule has 0 aromatic carbocycles. The number of hydrogen-bond donors (Lipinski definition) is 2. The van der Waals surface area contributed by atoms with Gasteiger partial charge in [-0.25, -0.2) is 18.1 Å². The molecular weight excluding hydrogens is 266 g/mol. The van der Waals surface area contributed by atoms with Crippen molar-refractivity contribution in [1.82, 2.24) is 14.3 Å². The first-order chi connectivity index (χ1) is 8.90. The van der Waals surface area contributed by atoms with Gasteiger partial charge in [0.25, 0.3) is 10.0 Å². The minimum absolute atomic E-state index is 0.0458. The maximum absolute atomic E-state index is 12.0. The molecule has 2 N–H and O–H groups in total. The third-order valence-electron chi connectivity index (χ3n) is 2.93. The highest BCUT2D eigenvalue weighted by Crippen LogP contribution is 2.09. The quantitative estimate of drug-likeness (QED) is 0.749. The monoisotopic (exact) mass is 289 g/mol. The smallest absolute Gasteiger partial charge is 0.259 e. The van der Waals surface area contributed by atoms with Crippen LogP contribution in [0.15, 0.2) is 11.2 Å². The van der Waals surface area contributed by atoms with Crippen molar-refractivity contribution < 1.29 is 13.5 Å². The summed E-state index contributed by atoms with van der Waals surface area (Å²) in [6, 6.07) is 0. The van der Waals surface area contributed by atoms with Gasteiger partial charge in [0.2, 0.25) is 0 Å². The first kappa shape index (κ1) is 16.1. The molecule has 0 amide bonds. The number of nitrogens with one attached hydrogen (secondary N) is 1. The molecule has 1 unspecified atom stereocenters. The predicted octanol–water partition coefficient (Wildman–Crippen LogP) is 1.04. The Morgan fingerprint density at radius 1 is 1.47 bits per heavy atom. The van der Waals surface area contributed by atoms with Crippen LogP contribution < -0.4 is 4.72 Å². The number of sulfonamides is 1. The van der Waals surface area contributed by atoms with Crippen LogP contribution in [-0.2, 0) is 16.6 Å². The molecule has 0 saturated heterocycles. The van der Waals surface area contributed by atoms with Crippen molar-refractivity contribution in [3.63, 3.8) is 0 Å². The fraction of sp³-hybridized carbons (Fsp3) is 0.750. The molecule has 1 aromatic heterocycles. The van der Waals surface area contributed by atoms with Crippen molar-refractivity contribution in [2.45, 2.75) is 57.7 Å². The Balaban J connectivity index is 2.69. The summed E-state index contributed by atoms with van der Waals surface area (Å²) in [5.41, 5.74) is 0. The largest absolute Gasteiger partial charge is 0.393 e. The van der Waals surface area contributed by atoms with Gasteiger partial charge in [-0.2, -0.15) is 0 Å². The summed E-state index contributed by atoms with van der Waals surface area (Å²) in [6.45, 7) is 6.64. The second-order valence-electron chi connectivity index (χ2n) is 4.57. The van der Waals surface area contributed by atoms with Gasteiger partial charge in [-0.1, -0.05) is 13.8 Å². The Bertz CT molecular complexity index is 496. The lowest BCUT2D eigenvalue weighted by Crippen LogP contribution is -2.27. The zero-order valence-electron chi connectivity index (χ0n) is 11.8. The topological polar surface area (TPSA) is 84.2 Å². The summed E-state index contributed by atoms with van der Waals surface area (Å²) in [5.74, 6) is 0.691. The van der Waals surface area contributed by atoms with E-state index in [0.29, 0.717) is 18.7 Å². The van der Waals surface area contributed by atoms with Gasteiger partial charge in [0.1, 0.15) is 5.82 Å². The number of aliphatic hydroxyl groups is 1. The van der Waals surface area contributed by atoms with Gasteiger partial charge in [0.05, 0.1) is 6.10 Å². The van der Waals surface area contributed by atoms with Crippen LogP contribution >= 0.6 is 0 Å². The molecule has 0 saturated carbocycles. The van der Waals surface area contributed by atoms with Gasteiger partial charge >= 0.3 is 0 Å². The number of aryl methyl sites for hydroxylation is 2. The number of rotatable bonds is 8. The minimum atomic E-state index is -3.58. The van der Waals surface area contributed by atoms with Crippen molar-refractivity contribution >= 4 is 10.0 Å². The van der Waals surface area contributed by atoms with Gasteiger partial charge in [-0.3, -0.25) is 0 Å². The third-order valence-corrected chi connectivity index (χ3v) is 4.27. The number of nitrogens with zero attached hydrogens (tertiary/aromatic N) is 2. The second kappa shape index (κ2) is 7.02. The Labute approximate surface area is 114 Å². The molecular formula is C12H23N3O3S. The minimum Gasteiger partial charge on any atom is -0.393 e. The van der Waals surface area contributed by atoms with Crippen molar-refractivity contribution in [2.24, 2.45) is 0 Å². The van der Waals surface area contributed by atoms with Gasteiger partial charge in [0.15, 0.2) is 5.03 Å². The number of aliphatic hydroxyl groups excluding tert-OH is 1. The first-order valence-electron chi connectivity index (χ1n) is 6.62. The number of aromatic nitrogens is 2. The molecule has 0 aliphatic carbocycles. The molecule has 1 atom stereocenters. The summed E-state index contributed by atoms with van der Waals surface area (Å²) in [4.78, 5) is 4.07. The first-order valence-corrected chi connectivity index (χ1v) is 8.10. The normalized spacial score (nSPS) is 13.7. The molecule has 0 fully saturated rings. The van der Waals surface area contributed by atoms with E-state index in [9.17, 15) is 13.5 Å². The van der Waals surface area contributed by atoms with Crippen LogP contribution in [0.4, 0.5) is 0 Å². The van der Waals surface area contributed by atoms with Crippen LogP contribution in [0, 0.1) is 6.92 Å². The molecule has 1 rings (SSSR count). The van der Waals surface area contributed by atoms with Crippen molar-refractivity contribution in [3.8, 4) is 0 Å². The molecule has 19 heavy (non-hydrogen) atoms. The zero-order chi connectivity index (χ0) is 14.5. The average molecular weight is 289 g/mol. The van der Waals surface area contributed by atoms with Crippen LogP contribution in [-0.4, -0.2) is 35.7 Å². The highest BCUT2D eigenvalue weighted by atomic mass is 32.2. The summed E-state index contributed by atoms with van der Waals surface area (Å²) in [6.07, 6.45) is 3.03. The molecule has 6 nitrogen and oxygen atoms in total. The van der Waals surface area contributed by atoms with Gasteiger partial charge in [-0.15, -0.1) is 0 Å². The van der Waals surface area contributed by atoms with Crippen LogP contribution in [0.2, 0.25) is 0 Å². The van der Waals surface area contributed by atoms with E-state index in [1.54, 1.807) is 13.1 Å². The number of imidazole rings is 1. The average Bonchev–Trinajstić information content (AvgIpc) is 2.72. The standard InChI is InChI=1S/C12H23N3O3S/c1-4-8-15-9-12(14-10(15)3)19(17,18)13-7-6-11(16)5-2/h9,11,13,16H,4-8H2,1-3H3. The summed E-state index contributed by atoms with van der Waals surface area (Å²) >= 11 is 0. The fourth-order valence-electron chi connectivity index (χ4n) is 1.71. The van der Waals surface area contributed by atoms with E-state index in [-0.39, 0.29) is 11.6 Å². The van der Waals surface area contributed by atoms with Crippen LogP contribution in [0.1, 0.15) is 38.9 Å². The third kappa shape index (κ3) is 4.59. The molecule has 0 radical (unpaired) electrons. The maximum atomic E-state index is 12.0. The lowest BCUT2D eigenvalue weighted by Gasteiger charge is -2.08. The molecule has 0 aliphatic rings. The summed E-state index contributed by atoms with van der Waals surface area (Å²) < 4.78 is 28.3. The van der Waals surface area contributed by atoms with Crippen LogP contribution in [0.3, 0.4) is 0 Å².